The van der Waals surface area contributed by atoms with E-state index in [1.165, 1.54) is 22.3 Å². The summed E-state index contributed by atoms with van der Waals surface area (Å²) in [6, 6.07) is 10.5. The van der Waals surface area contributed by atoms with Crippen molar-refractivity contribution in [2.24, 2.45) is 0 Å². The van der Waals surface area contributed by atoms with Crippen molar-refractivity contribution in [3.63, 3.8) is 0 Å². The fraction of sp³-hybridized carbons (Fsp3) is 0.333. The molecule has 0 amide bonds. The Kier molecular flexibility index (Phi) is 3.77. The lowest BCUT2D eigenvalue weighted by molar-refractivity contribution is 0.219. The van der Waals surface area contributed by atoms with Crippen LogP contribution in [0.1, 0.15) is 45.0 Å². The number of hydrogen-bond acceptors (Lipinski definition) is 1. The van der Waals surface area contributed by atoms with E-state index in [9.17, 15) is 5.11 Å². The van der Waals surface area contributed by atoms with Crippen molar-refractivity contribution in [3.8, 4) is 0 Å². The van der Waals surface area contributed by atoms with E-state index in [0.717, 1.165) is 16.7 Å². The van der Waals surface area contributed by atoms with Gasteiger partial charge in [0.15, 0.2) is 0 Å². The zero-order chi connectivity index (χ0) is 14.2. The first-order valence-corrected chi connectivity index (χ1v) is 6.72. The average Bonchev–Trinajstić information content (AvgIpc) is 2.31. The fourth-order valence-electron chi connectivity index (χ4n) is 2.62. The highest BCUT2D eigenvalue weighted by Gasteiger charge is 2.14. The van der Waals surface area contributed by atoms with E-state index in [2.05, 4.69) is 65.0 Å². The molecule has 19 heavy (non-hydrogen) atoms. The second kappa shape index (κ2) is 5.18. The third-order valence-electron chi connectivity index (χ3n) is 3.74. The van der Waals surface area contributed by atoms with Crippen LogP contribution >= 0.6 is 0 Å². The van der Waals surface area contributed by atoms with E-state index >= 15 is 0 Å². The zero-order valence-electron chi connectivity index (χ0n) is 12.4. The van der Waals surface area contributed by atoms with Gasteiger partial charge in [-0.3, -0.25) is 0 Å². The zero-order valence-corrected chi connectivity index (χ0v) is 12.4. The Morgan fingerprint density at radius 1 is 0.684 bits per heavy atom. The van der Waals surface area contributed by atoms with Gasteiger partial charge in [0, 0.05) is 0 Å². The first kappa shape index (κ1) is 13.8. The van der Waals surface area contributed by atoms with Crippen LogP contribution in [0.2, 0.25) is 0 Å². The minimum absolute atomic E-state index is 0.544. The molecule has 0 bridgehead atoms. The van der Waals surface area contributed by atoms with Gasteiger partial charge in [0.05, 0.1) is 0 Å². The molecule has 0 aromatic heterocycles. The van der Waals surface area contributed by atoms with E-state index in [-0.39, 0.29) is 0 Å². The summed E-state index contributed by atoms with van der Waals surface area (Å²) >= 11 is 0. The Bertz CT molecular complexity index is 591. The third kappa shape index (κ3) is 2.87. The Morgan fingerprint density at radius 2 is 1.21 bits per heavy atom. The van der Waals surface area contributed by atoms with Gasteiger partial charge in [0.1, 0.15) is 6.10 Å². The average molecular weight is 254 g/mol. The smallest absolute Gasteiger partial charge is 0.104 e. The lowest BCUT2D eigenvalue weighted by atomic mass is 9.92. The molecule has 2 rings (SSSR count). The van der Waals surface area contributed by atoms with Crippen LogP contribution in [0.15, 0.2) is 30.3 Å². The van der Waals surface area contributed by atoms with Crippen LogP contribution in [0.3, 0.4) is 0 Å². The van der Waals surface area contributed by atoms with Crippen molar-refractivity contribution in [2.45, 2.75) is 40.7 Å². The monoisotopic (exact) mass is 254 g/mol. The summed E-state index contributed by atoms with van der Waals surface area (Å²) in [5.74, 6) is 0. The van der Waals surface area contributed by atoms with Crippen molar-refractivity contribution in [2.75, 3.05) is 0 Å². The second-order valence-electron chi connectivity index (χ2n) is 5.62. The van der Waals surface area contributed by atoms with Gasteiger partial charge in [-0.15, -0.1) is 0 Å². The summed E-state index contributed by atoms with van der Waals surface area (Å²) < 4.78 is 0. The molecule has 0 aliphatic heterocycles. The van der Waals surface area contributed by atoms with E-state index in [1.54, 1.807) is 0 Å². The van der Waals surface area contributed by atoms with Crippen LogP contribution in [0, 0.1) is 34.6 Å². The topological polar surface area (TPSA) is 20.2 Å². The van der Waals surface area contributed by atoms with E-state index in [4.69, 9.17) is 0 Å². The molecule has 0 aliphatic rings. The van der Waals surface area contributed by atoms with Gasteiger partial charge in [-0.1, -0.05) is 41.5 Å². The molecular formula is C18H22O. The Morgan fingerprint density at radius 3 is 1.79 bits per heavy atom. The van der Waals surface area contributed by atoms with Gasteiger partial charge in [0.25, 0.3) is 0 Å². The first-order valence-electron chi connectivity index (χ1n) is 6.72. The SMILES string of the molecule is Cc1cc(C)cc(C(O)c2cc(C)c(C)cc2C)c1. The van der Waals surface area contributed by atoms with E-state index in [0.29, 0.717) is 0 Å². The largest absolute Gasteiger partial charge is 0.384 e. The highest BCUT2D eigenvalue weighted by Crippen LogP contribution is 2.28. The molecule has 1 unspecified atom stereocenters. The number of benzene rings is 2. The lowest BCUT2D eigenvalue weighted by Gasteiger charge is -2.17. The summed E-state index contributed by atoms with van der Waals surface area (Å²) in [7, 11) is 0. The lowest BCUT2D eigenvalue weighted by Crippen LogP contribution is -2.04. The van der Waals surface area contributed by atoms with Gasteiger partial charge < -0.3 is 5.11 Å². The Hall–Kier alpha value is -1.60. The minimum atomic E-state index is -0.544. The number of rotatable bonds is 2. The van der Waals surface area contributed by atoms with Crippen LogP contribution in [-0.4, -0.2) is 5.11 Å². The highest BCUT2D eigenvalue weighted by atomic mass is 16.3. The van der Waals surface area contributed by atoms with Crippen molar-refractivity contribution in [3.05, 3.63) is 69.3 Å². The summed E-state index contributed by atoms with van der Waals surface area (Å²) in [6.45, 7) is 10.4. The first-order chi connectivity index (χ1) is 8.88. The van der Waals surface area contributed by atoms with E-state index < -0.39 is 6.10 Å². The number of hydrogen-bond donors (Lipinski definition) is 1. The molecule has 2 aromatic rings. The number of aliphatic hydroxyl groups excluding tert-OH is 1. The third-order valence-corrected chi connectivity index (χ3v) is 3.74. The standard InChI is InChI=1S/C18H22O/c1-11-6-12(2)8-16(7-11)18(19)17-10-14(4)13(3)9-15(17)5/h6-10,18-19H,1-5H3. The van der Waals surface area contributed by atoms with Crippen LogP contribution in [0.25, 0.3) is 0 Å². The maximum atomic E-state index is 10.6. The molecule has 0 spiro atoms. The van der Waals surface area contributed by atoms with Crippen LogP contribution in [0.4, 0.5) is 0 Å². The second-order valence-corrected chi connectivity index (χ2v) is 5.62. The summed E-state index contributed by atoms with van der Waals surface area (Å²) in [5, 5.41) is 10.6. The molecule has 100 valence electrons. The Balaban J connectivity index is 2.49. The molecule has 1 N–H and O–H groups in total. The minimum Gasteiger partial charge on any atom is -0.384 e. The normalized spacial score (nSPS) is 12.5. The van der Waals surface area contributed by atoms with Crippen LogP contribution in [-0.2, 0) is 0 Å². The molecule has 1 atom stereocenters. The van der Waals surface area contributed by atoms with Crippen molar-refractivity contribution >= 4 is 0 Å². The van der Waals surface area contributed by atoms with Crippen molar-refractivity contribution in [1.29, 1.82) is 0 Å². The quantitative estimate of drug-likeness (QED) is 0.846. The summed E-state index contributed by atoms with van der Waals surface area (Å²) in [6.07, 6.45) is -0.544. The fourth-order valence-corrected chi connectivity index (χ4v) is 2.62. The number of aryl methyl sites for hydroxylation is 5. The molecule has 1 heteroatoms. The molecule has 0 radical (unpaired) electrons. The molecule has 0 fully saturated rings. The van der Waals surface area contributed by atoms with Gasteiger partial charge in [-0.25, -0.2) is 0 Å². The predicted molar refractivity (Wildman–Crippen MR) is 80.6 cm³/mol. The highest BCUT2D eigenvalue weighted by molar-refractivity contribution is 5.42. The van der Waals surface area contributed by atoms with Gasteiger partial charge in [-0.2, -0.15) is 0 Å². The molecule has 2 aromatic carbocycles. The van der Waals surface area contributed by atoms with Crippen molar-refractivity contribution in [1.82, 2.24) is 0 Å². The maximum absolute atomic E-state index is 10.6. The summed E-state index contributed by atoms with van der Waals surface area (Å²) in [4.78, 5) is 0. The molecule has 1 nitrogen and oxygen atoms in total. The number of aliphatic hydroxyl groups is 1. The van der Waals surface area contributed by atoms with Gasteiger partial charge in [-0.05, 0) is 62.4 Å². The molecule has 0 saturated heterocycles. The van der Waals surface area contributed by atoms with Crippen molar-refractivity contribution < 1.29 is 5.11 Å². The van der Waals surface area contributed by atoms with Crippen LogP contribution in [0.5, 0.6) is 0 Å². The van der Waals surface area contributed by atoms with Gasteiger partial charge >= 0.3 is 0 Å². The van der Waals surface area contributed by atoms with Crippen LogP contribution < -0.4 is 0 Å². The van der Waals surface area contributed by atoms with Gasteiger partial charge in [0.2, 0.25) is 0 Å². The summed E-state index contributed by atoms with van der Waals surface area (Å²) in [5.41, 5.74) is 8.01. The van der Waals surface area contributed by atoms with E-state index in [1.807, 2.05) is 0 Å². The predicted octanol–water partition coefficient (Wildman–Crippen LogP) is 4.31. The molecule has 0 aliphatic carbocycles. The Labute approximate surface area is 115 Å². The molecular weight excluding hydrogens is 232 g/mol. The molecule has 0 heterocycles. The maximum Gasteiger partial charge on any atom is 0.104 e. The molecule has 0 saturated carbocycles.